The van der Waals surface area contributed by atoms with Crippen LogP contribution in [0.5, 0.6) is 17.2 Å². The van der Waals surface area contributed by atoms with Gasteiger partial charge in [-0.3, -0.25) is 4.79 Å². The number of amides is 1. The predicted molar refractivity (Wildman–Crippen MR) is 105 cm³/mol. The van der Waals surface area contributed by atoms with E-state index in [9.17, 15) is 9.18 Å². The molecule has 0 saturated heterocycles. The topological polar surface area (TPSA) is 74.6 Å². The first-order chi connectivity index (χ1) is 14.0. The van der Waals surface area contributed by atoms with Gasteiger partial charge in [0.1, 0.15) is 12.1 Å². The number of anilines is 1. The summed E-state index contributed by atoms with van der Waals surface area (Å²) in [6, 6.07) is 9.77. The van der Waals surface area contributed by atoms with Crippen LogP contribution in [0, 0.1) is 5.82 Å². The van der Waals surface area contributed by atoms with Crippen molar-refractivity contribution in [2.75, 3.05) is 26.6 Å². The molecule has 1 atom stereocenters. The second-order valence-corrected chi connectivity index (χ2v) is 6.59. The number of rotatable bonds is 5. The highest BCUT2D eigenvalue weighted by Gasteiger charge is 2.32. The van der Waals surface area contributed by atoms with Crippen LogP contribution in [0.25, 0.3) is 5.69 Å². The van der Waals surface area contributed by atoms with Gasteiger partial charge in [0.2, 0.25) is 11.7 Å². The van der Waals surface area contributed by atoms with E-state index < -0.39 is 0 Å². The van der Waals surface area contributed by atoms with Gasteiger partial charge in [0.15, 0.2) is 17.3 Å². The summed E-state index contributed by atoms with van der Waals surface area (Å²) in [6.07, 6.45) is 1.84. The highest BCUT2D eigenvalue weighted by atomic mass is 19.1. The largest absolute Gasteiger partial charge is 0.493 e. The van der Waals surface area contributed by atoms with Crippen LogP contribution >= 0.6 is 0 Å². The van der Waals surface area contributed by atoms with Crippen LogP contribution in [-0.2, 0) is 4.79 Å². The number of carbonyl (C=O) groups is 1. The van der Waals surface area contributed by atoms with Crippen molar-refractivity contribution in [1.82, 2.24) is 9.55 Å². The van der Waals surface area contributed by atoms with Crippen molar-refractivity contribution in [2.24, 2.45) is 0 Å². The third-order valence-corrected chi connectivity index (χ3v) is 4.98. The zero-order valence-electron chi connectivity index (χ0n) is 16.2. The normalized spacial score (nSPS) is 15.4. The first-order valence-electron chi connectivity index (χ1n) is 8.98. The standard InChI is InChI=1S/C21H20FN3O4/c1-27-16-8-12(9-17(28-2)20(16)29-3)15-10-18(26)24-21-19(15)25(11-23-21)14-6-4-13(22)5-7-14/h4-9,11,15H,10H2,1-3H3,(H,24,26). The number of fused-ring (bicyclic) bond motifs is 1. The minimum atomic E-state index is -0.322. The summed E-state index contributed by atoms with van der Waals surface area (Å²) in [5.41, 5.74) is 2.36. The molecule has 0 spiro atoms. The van der Waals surface area contributed by atoms with Crippen LogP contribution in [0.1, 0.15) is 23.6 Å². The number of nitrogens with one attached hydrogen (secondary N) is 1. The molecule has 3 aromatic rings. The monoisotopic (exact) mass is 397 g/mol. The molecule has 2 heterocycles. The molecule has 1 aliphatic rings. The molecule has 1 amide bonds. The zero-order chi connectivity index (χ0) is 20.5. The Balaban J connectivity index is 1.88. The van der Waals surface area contributed by atoms with Gasteiger partial charge < -0.3 is 24.1 Å². The van der Waals surface area contributed by atoms with Gasteiger partial charge >= 0.3 is 0 Å². The third-order valence-electron chi connectivity index (χ3n) is 4.98. The molecule has 1 unspecified atom stereocenters. The highest BCUT2D eigenvalue weighted by Crippen LogP contribution is 2.44. The molecule has 150 valence electrons. The number of aromatic nitrogens is 2. The van der Waals surface area contributed by atoms with Crippen molar-refractivity contribution < 1.29 is 23.4 Å². The van der Waals surface area contributed by atoms with E-state index in [2.05, 4.69) is 10.3 Å². The van der Waals surface area contributed by atoms with E-state index in [0.29, 0.717) is 23.1 Å². The smallest absolute Gasteiger partial charge is 0.226 e. The van der Waals surface area contributed by atoms with Crippen molar-refractivity contribution in [1.29, 1.82) is 0 Å². The second kappa shape index (κ2) is 7.46. The van der Waals surface area contributed by atoms with Crippen LogP contribution in [0.15, 0.2) is 42.7 Å². The molecular weight excluding hydrogens is 377 g/mol. The summed E-state index contributed by atoms with van der Waals surface area (Å²) < 4.78 is 31.6. The summed E-state index contributed by atoms with van der Waals surface area (Å²) in [7, 11) is 4.63. The average Bonchev–Trinajstić information content (AvgIpc) is 3.16. The summed E-state index contributed by atoms with van der Waals surface area (Å²) >= 11 is 0. The molecule has 8 heteroatoms. The molecule has 0 fully saturated rings. The lowest BCUT2D eigenvalue weighted by Crippen LogP contribution is -2.25. The van der Waals surface area contributed by atoms with Crippen LogP contribution in [-0.4, -0.2) is 36.8 Å². The molecule has 1 aromatic heterocycles. The molecule has 7 nitrogen and oxygen atoms in total. The lowest BCUT2D eigenvalue weighted by atomic mass is 9.89. The first kappa shape index (κ1) is 18.8. The summed E-state index contributed by atoms with van der Waals surface area (Å²) in [6.45, 7) is 0. The summed E-state index contributed by atoms with van der Waals surface area (Å²) in [4.78, 5) is 16.7. The Bertz CT molecular complexity index is 1040. The number of hydrogen-bond donors (Lipinski definition) is 1. The van der Waals surface area contributed by atoms with Gasteiger partial charge in [-0.05, 0) is 42.0 Å². The van der Waals surface area contributed by atoms with Gasteiger partial charge in [-0.2, -0.15) is 0 Å². The fraction of sp³-hybridized carbons (Fsp3) is 0.238. The van der Waals surface area contributed by atoms with E-state index in [0.717, 1.165) is 16.9 Å². The summed E-state index contributed by atoms with van der Waals surface area (Å²) in [5.74, 6) is 1.19. The molecule has 1 aliphatic heterocycles. The van der Waals surface area contributed by atoms with Crippen LogP contribution < -0.4 is 19.5 Å². The first-order valence-corrected chi connectivity index (χ1v) is 8.98. The number of methoxy groups -OCH3 is 3. The highest BCUT2D eigenvalue weighted by molar-refractivity contribution is 5.94. The maximum atomic E-state index is 13.4. The van der Waals surface area contributed by atoms with Gasteiger partial charge in [0, 0.05) is 18.0 Å². The molecule has 2 aromatic carbocycles. The minimum absolute atomic E-state index is 0.138. The molecule has 0 aliphatic carbocycles. The average molecular weight is 397 g/mol. The number of imidazole rings is 1. The van der Waals surface area contributed by atoms with Crippen LogP contribution in [0.3, 0.4) is 0 Å². The molecular formula is C21H20FN3O4. The molecule has 0 radical (unpaired) electrons. The fourth-order valence-electron chi connectivity index (χ4n) is 3.64. The second-order valence-electron chi connectivity index (χ2n) is 6.59. The number of hydrogen-bond acceptors (Lipinski definition) is 5. The number of halogens is 1. The van der Waals surface area contributed by atoms with Crippen molar-refractivity contribution in [2.45, 2.75) is 12.3 Å². The minimum Gasteiger partial charge on any atom is -0.493 e. The van der Waals surface area contributed by atoms with E-state index >= 15 is 0 Å². The maximum Gasteiger partial charge on any atom is 0.226 e. The van der Waals surface area contributed by atoms with Crippen molar-refractivity contribution in [3.63, 3.8) is 0 Å². The Labute approximate surface area is 167 Å². The maximum absolute atomic E-state index is 13.4. The van der Waals surface area contributed by atoms with E-state index in [1.54, 1.807) is 32.7 Å². The Morgan fingerprint density at radius 3 is 2.31 bits per heavy atom. The van der Waals surface area contributed by atoms with Gasteiger partial charge in [-0.25, -0.2) is 9.37 Å². The van der Waals surface area contributed by atoms with E-state index in [-0.39, 0.29) is 24.1 Å². The van der Waals surface area contributed by atoms with Crippen molar-refractivity contribution in [3.8, 4) is 22.9 Å². The van der Waals surface area contributed by atoms with Crippen molar-refractivity contribution >= 4 is 11.7 Å². The van der Waals surface area contributed by atoms with E-state index in [1.165, 1.54) is 19.2 Å². The quantitative estimate of drug-likeness (QED) is 0.713. The van der Waals surface area contributed by atoms with Crippen LogP contribution in [0.4, 0.5) is 10.2 Å². The van der Waals surface area contributed by atoms with E-state index in [4.69, 9.17) is 14.2 Å². The third kappa shape index (κ3) is 3.26. The SMILES string of the molecule is COc1cc(C2CC(=O)Nc3ncn(-c4ccc(F)cc4)c32)cc(OC)c1OC. The molecule has 29 heavy (non-hydrogen) atoms. The fourth-order valence-corrected chi connectivity index (χ4v) is 3.64. The Morgan fingerprint density at radius 2 is 1.72 bits per heavy atom. The van der Waals surface area contributed by atoms with E-state index in [1.807, 2.05) is 16.7 Å². The van der Waals surface area contributed by atoms with Gasteiger partial charge in [-0.15, -0.1) is 0 Å². The lowest BCUT2D eigenvalue weighted by Gasteiger charge is -2.26. The molecule has 1 N–H and O–H groups in total. The van der Waals surface area contributed by atoms with Gasteiger partial charge in [0.05, 0.1) is 27.0 Å². The number of carbonyl (C=O) groups excluding carboxylic acids is 1. The zero-order valence-corrected chi connectivity index (χ0v) is 16.2. The Kier molecular flexibility index (Phi) is 4.84. The van der Waals surface area contributed by atoms with Crippen LogP contribution in [0.2, 0.25) is 0 Å². The van der Waals surface area contributed by atoms with Gasteiger partial charge in [-0.1, -0.05) is 0 Å². The Hall–Kier alpha value is -3.55. The molecule has 4 rings (SSSR count). The molecule has 0 saturated carbocycles. The Morgan fingerprint density at radius 1 is 1.07 bits per heavy atom. The van der Waals surface area contributed by atoms with Crippen molar-refractivity contribution in [3.05, 3.63) is 59.8 Å². The summed E-state index contributed by atoms with van der Waals surface area (Å²) in [5, 5.41) is 2.81. The predicted octanol–water partition coefficient (Wildman–Crippen LogP) is 3.51. The molecule has 0 bridgehead atoms. The number of benzene rings is 2. The number of nitrogens with zero attached hydrogens (tertiary/aromatic N) is 2. The lowest BCUT2D eigenvalue weighted by molar-refractivity contribution is -0.116. The number of ether oxygens (including phenoxy) is 3. The van der Waals surface area contributed by atoms with Gasteiger partial charge in [0.25, 0.3) is 0 Å².